The average molecular weight is 392 g/mol. The second kappa shape index (κ2) is 10.3. The second-order valence-electron chi connectivity index (χ2n) is 3.80. The highest BCUT2D eigenvalue weighted by Crippen LogP contribution is 2.10. The molecule has 0 spiro atoms. The van der Waals surface area contributed by atoms with Gasteiger partial charge in [0.25, 0.3) is 0 Å². The number of carbonyl (C=O) groups is 1. The van der Waals surface area contributed by atoms with E-state index in [4.69, 9.17) is 4.74 Å². The third kappa shape index (κ3) is 6.60. The summed E-state index contributed by atoms with van der Waals surface area (Å²) in [6.07, 6.45) is 0. The topological polar surface area (TPSA) is 74.8 Å². The lowest BCUT2D eigenvalue weighted by Gasteiger charge is -2.09. The molecule has 3 N–H and O–H groups in total. The Balaban J connectivity index is 0.00000361. The van der Waals surface area contributed by atoms with Gasteiger partial charge in [-0.3, -0.25) is 9.79 Å². The van der Waals surface area contributed by atoms with Gasteiger partial charge in [-0.05, 0) is 17.7 Å². The first-order valence-electron chi connectivity index (χ1n) is 5.97. The molecule has 0 bridgehead atoms. The summed E-state index contributed by atoms with van der Waals surface area (Å²) in [5, 5.41) is 8.53. The lowest BCUT2D eigenvalue weighted by atomic mass is 10.2. The van der Waals surface area contributed by atoms with Crippen LogP contribution in [0.4, 0.5) is 0 Å². The molecule has 6 nitrogen and oxygen atoms in total. The van der Waals surface area contributed by atoms with Crippen molar-refractivity contribution in [2.45, 2.75) is 6.54 Å². The Kier molecular flexibility index (Phi) is 9.52. The van der Waals surface area contributed by atoms with E-state index in [1.807, 2.05) is 24.3 Å². The van der Waals surface area contributed by atoms with Crippen molar-refractivity contribution < 1.29 is 9.53 Å². The van der Waals surface area contributed by atoms with Gasteiger partial charge in [-0.2, -0.15) is 0 Å². The number of benzene rings is 1. The number of amides is 1. The standard InChI is InChI=1S/C13H20N4O2.HI/c1-14-13(15-2)17-9-12(18)16-8-10-4-6-11(19-3)7-5-10;/h4-7H,8-9H2,1-3H3,(H,16,18)(H2,14,15,17);1H. The number of hydrogen-bond donors (Lipinski definition) is 3. The van der Waals surface area contributed by atoms with Gasteiger partial charge in [-0.25, -0.2) is 0 Å². The average Bonchev–Trinajstić information content (AvgIpc) is 2.46. The minimum Gasteiger partial charge on any atom is -0.497 e. The van der Waals surface area contributed by atoms with Crippen molar-refractivity contribution in [3.05, 3.63) is 29.8 Å². The molecule has 0 heterocycles. The molecule has 0 aromatic heterocycles. The molecular weight excluding hydrogens is 371 g/mol. The molecule has 0 radical (unpaired) electrons. The van der Waals surface area contributed by atoms with Crippen LogP contribution in [0.15, 0.2) is 29.3 Å². The Hall–Kier alpha value is -1.51. The van der Waals surface area contributed by atoms with Gasteiger partial charge in [0.15, 0.2) is 5.96 Å². The molecule has 1 aromatic carbocycles. The molecule has 20 heavy (non-hydrogen) atoms. The summed E-state index contributed by atoms with van der Waals surface area (Å²) in [7, 11) is 5.01. The summed E-state index contributed by atoms with van der Waals surface area (Å²) >= 11 is 0. The van der Waals surface area contributed by atoms with Gasteiger partial charge >= 0.3 is 0 Å². The van der Waals surface area contributed by atoms with Gasteiger partial charge in [0.05, 0.1) is 13.7 Å². The molecule has 1 aromatic rings. The third-order valence-corrected chi connectivity index (χ3v) is 2.53. The number of nitrogens with zero attached hydrogens (tertiary/aromatic N) is 1. The lowest BCUT2D eigenvalue weighted by molar-refractivity contribution is -0.120. The Bertz CT molecular complexity index is 435. The highest BCUT2D eigenvalue weighted by atomic mass is 127. The zero-order chi connectivity index (χ0) is 14.1. The van der Waals surface area contributed by atoms with Crippen molar-refractivity contribution in [1.29, 1.82) is 0 Å². The van der Waals surface area contributed by atoms with Crippen molar-refractivity contribution >= 4 is 35.8 Å². The van der Waals surface area contributed by atoms with Gasteiger partial charge < -0.3 is 20.7 Å². The minimum atomic E-state index is -0.0905. The summed E-state index contributed by atoms with van der Waals surface area (Å²) in [6.45, 7) is 0.673. The summed E-state index contributed by atoms with van der Waals surface area (Å²) in [5.41, 5.74) is 1.02. The molecular formula is C13H21IN4O2. The number of guanidine groups is 1. The molecule has 0 saturated heterocycles. The summed E-state index contributed by atoms with van der Waals surface area (Å²) in [6, 6.07) is 7.56. The van der Waals surface area contributed by atoms with Crippen molar-refractivity contribution in [3.63, 3.8) is 0 Å². The molecule has 0 fully saturated rings. The highest BCUT2D eigenvalue weighted by Gasteiger charge is 2.02. The second-order valence-corrected chi connectivity index (χ2v) is 3.80. The van der Waals surface area contributed by atoms with Gasteiger partial charge in [-0.1, -0.05) is 12.1 Å². The van der Waals surface area contributed by atoms with Crippen LogP contribution in [0.1, 0.15) is 5.56 Å². The zero-order valence-corrected chi connectivity index (χ0v) is 14.2. The highest BCUT2D eigenvalue weighted by molar-refractivity contribution is 14.0. The van der Waals surface area contributed by atoms with E-state index in [9.17, 15) is 4.79 Å². The fraction of sp³-hybridized carbons (Fsp3) is 0.385. The predicted molar refractivity (Wildman–Crippen MR) is 90.7 cm³/mol. The summed E-state index contributed by atoms with van der Waals surface area (Å²) < 4.78 is 5.07. The number of ether oxygens (including phenoxy) is 1. The van der Waals surface area contributed by atoms with E-state index in [2.05, 4.69) is 20.9 Å². The number of rotatable bonds is 5. The van der Waals surface area contributed by atoms with Crippen LogP contribution in [0.5, 0.6) is 5.75 Å². The molecule has 0 aliphatic carbocycles. The van der Waals surface area contributed by atoms with E-state index in [0.29, 0.717) is 12.5 Å². The van der Waals surface area contributed by atoms with Crippen LogP contribution in [0.3, 0.4) is 0 Å². The quantitative estimate of drug-likeness (QED) is 0.392. The lowest BCUT2D eigenvalue weighted by Crippen LogP contribution is -2.41. The van der Waals surface area contributed by atoms with Crippen LogP contribution in [-0.4, -0.2) is 39.6 Å². The molecule has 7 heteroatoms. The van der Waals surface area contributed by atoms with Gasteiger partial charge in [0.2, 0.25) is 5.91 Å². The Morgan fingerprint density at radius 2 is 1.90 bits per heavy atom. The van der Waals surface area contributed by atoms with Crippen molar-refractivity contribution in [2.24, 2.45) is 4.99 Å². The number of nitrogens with one attached hydrogen (secondary N) is 3. The fourth-order valence-electron chi connectivity index (χ4n) is 1.45. The number of carbonyl (C=O) groups excluding carboxylic acids is 1. The molecule has 0 unspecified atom stereocenters. The van der Waals surface area contributed by atoms with Crippen LogP contribution in [0.2, 0.25) is 0 Å². The number of methoxy groups -OCH3 is 1. The molecule has 112 valence electrons. The third-order valence-electron chi connectivity index (χ3n) is 2.53. The smallest absolute Gasteiger partial charge is 0.239 e. The first-order valence-corrected chi connectivity index (χ1v) is 5.97. The van der Waals surface area contributed by atoms with Crippen LogP contribution < -0.4 is 20.7 Å². The molecule has 1 amide bonds. The molecule has 0 saturated carbocycles. The number of halogens is 1. The zero-order valence-electron chi connectivity index (χ0n) is 11.9. The first kappa shape index (κ1) is 18.5. The summed E-state index contributed by atoms with van der Waals surface area (Å²) in [4.78, 5) is 15.5. The molecule has 0 aliphatic rings. The van der Waals surface area contributed by atoms with Crippen LogP contribution >= 0.6 is 24.0 Å². The van der Waals surface area contributed by atoms with Gasteiger partial charge in [0, 0.05) is 20.6 Å². The number of aliphatic imine (C=N–C) groups is 1. The minimum absolute atomic E-state index is 0. The first-order chi connectivity index (χ1) is 9.19. The molecule has 0 aliphatic heterocycles. The number of hydrogen-bond acceptors (Lipinski definition) is 3. The molecule has 0 atom stereocenters. The maximum atomic E-state index is 11.6. The maximum absolute atomic E-state index is 11.6. The molecule has 1 rings (SSSR count). The van der Waals surface area contributed by atoms with Crippen molar-refractivity contribution in [3.8, 4) is 5.75 Å². The normalized spacial score (nSPS) is 10.2. The van der Waals surface area contributed by atoms with E-state index in [0.717, 1.165) is 11.3 Å². The van der Waals surface area contributed by atoms with Crippen molar-refractivity contribution in [2.75, 3.05) is 27.7 Å². The predicted octanol–water partition coefficient (Wildman–Crippen LogP) is 0.724. The van der Waals surface area contributed by atoms with Gasteiger partial charge in [0.1, 0.15) is 5.75 Å². The monoisotopic (exact) mass is 392 g/mol. The maximum Gasteiger partial charge on any atom is 0.239 e. The van der Waals surface area contributed by atoms with E-state index in [1.165, 1.54) is 0 Å². The van der Waals surface area contributed by atoms with Crippen molar-refractivity contribution in [1.82, 2.24) is 16.0 Å². The Labute approximate surface area is 136 Å². The summed E-state index contributed by atoms with van der Waals surface area (Å²) in [5.74, 6) is 1.29. The van der Waals surface area contributed by atoms with E-state index in [-0.39, 0.29) is 36.4 Å². The van der Waals surface area contributed by atoms with Crippen LogP contribution in [-0.2, 0) is 11.3 Å². The van der Waals surface area contributed by atoms with Gasteiger partial charge in [-0.15, -0.1) is 24.0 Å². The van der Waals surface area contributed by atoms with E-state index < -0.39 is 0 Å². The Morgan fingerprint density at radius 1 is 1.25 bits per heavy atom. The largest absolute Gasteiger partial charge is 0.497 e. The van der Waals surface area contributed by atoms with Crippen LogP contribution in [0.25, 0.3) is 0 Å². The fourth-order valence-corrected chi connectivity index (χ4v) is 1.45. The van der Waals surface area contributed by atoms with Crippen LogP contribution in [0, 0.1) is 0 Å². The Morgan fingerprint density at radius 3 is 2.40 bits per heavy atom. The van der Waals surface area contributed by atoms with E-state index >= 15 is 0 Å². The van der Waals surface area contributed by atoms with E-state index in [1.54, 1.807) is 21.2 Å². The SMILES string of the molecule is CN=C(NC)NCC(=O)NCc1ccc(OC)cc1.I.